The van der Waals surface area contributed by atoms with Gasteiger partial charge in [0.25, 0.3) is 0 Å². The van der Waals surface area contributed by atoms with Gasteiger partial charge < -0.3 is 9.84 Å². The lowest BCUT2D eigenvalue weighted by Crippen LogP contribution is -2.65. The minimum absolute atomic E-state index is 0.00171. The van der Waals surface area contributed by atoms with E-state index in [1.54, 1.807) is 6.92 Å². The Labute approximate surface area is 219 Å². The zero-order valence-electron chi connectivity index (χ0n) is 24.1. The van der Waals surface area contributed by atoms with Crippen LogP contribution in [0.2, 0.25) is 0 Å². The molecule has 10 atom stereocenters. The first-order chi connectivity index (χ1) is 16.6. The first-order valence-corrected chi connectivity index (χ1v) is 14.8. The number of carbonyl (C=O) groups excluding carboxylic acids is 1. The van der Waals surface area contributed by atoms with E-state index < -0.39 is 11.4 Å². The minimum Gasteiger partial charge on any atom is -0.481 e. The molecule has 0 bridgehead atoms. The lowest BCUT2D eigenvalue weighted by atomic mass is 9.33. The van der Waals surface area contributed by atoms with Crippen molar-refractivity contribution >= 4 is 11.9 Å². The maximum atomic E-state index is 12.9. The Morgan fingerprint density at radius 1 is 0.917 bits per heavy atom. The first kappa shape index (κ1) is 26.3. The van der Waals surface area contributed by atoms with Crippen LogP contribution in [0.15, 0.2) is 11.6 Å². The van der Waals surface area contributed by atoms with Crippen LogP contribution in [0.5, 0.6) is 0 Å². The molecule has 202 valence electrons. The molecule has 4 fully saturated rings. The second-order valence-corrected chi connectivity index (χ2v) is 15.1. The van der Waals surface area contributed by atoms with Crippen LogP contribution < -0.4 is 0 Å². The fraction of sp³-hybridized carbons (Fsp3) is 0.875. The molecule has 0 aromatic heterocycles. The van der Waals surface area contributed by atoms with Gasteiger partial charge in [-0.25, -0.2) is 0 Å². The van der Waals surface area contributed by atoms with Crippen molar-refractivity contribution in [1.29, 1.82) is 0 Å². The molecule has 0 heterocycles. The molecule has 5 aliphatic carbocycles. The van der Waals surface area contributed by atoms with Gasteiger partial charge in [0, 0.05) is 12.3 Å². The Morgan fingerprint density at radius 2 is 1.61 bits per heavy atom. The summed E-state index contributed by atoms with van der Waals surface area (Å²) in [6.07, 6.45) is 11.7. The molecule has 0 saturated heterocycles. The van der Waals surface area contributed by atoms with E-state index in [-0.39, 0.29) is 39.7 Å². The highest BCUT2D eigenvalue weighted by Crippen LogP contribution is 2.75. The highest BCUT2D eigenvalue weighted by molar-refractivity contribution is 5.76. The topological polar surface area (TPSA) is 63.6 Å². The average Bonchev–Trinajstić information content (AvgIpc) is 2.78. The maximum Gasteiger partial charge on any atom is 0.310 e. The molecule has 4 nitrogen and oxygen atoms in total. The summed E-state index contributed by atoms with van der Waals surface area (Å²) in [4.78, 5) is 24.7. The van der Waals surface area contributed by atoms with Crippen molar-refractivity contribution < 1.29 is 19.4 Å². The second-order valence-electron chi connectivity index (χ2n) is 15.1. The van der Waals surface area contributed by atoms with Crippen LogP contribution in [0.25, 0.3) is 0 Å². The molecular weight excluding hydrogens is 448 g/mol. The van der Waals surface area contributed by atoms with Crippen LogP contribution >= 0.6 is 0 Å². The molecule has 4 saturated carbocycles. The lowest BCUT2D eigenvalue weighted by Gasteiger charge is -2.71. The number of fused-ring (bicyclic) bond motifs is 7. The second kappa shape index (κ2) is 8.09. The van der Waals surface area contributed by atoms with Crippen molar-refractivity contribution in [3.05, 3.63) is 11.6 Å². The van der Waals surface area contributed by atoms with E-state index in [0.29, 0.717) is 23.7 Å². The Hall–Kier alpha value is -1.32. The van der Waals surface area contributed by atoms with Gasteiger partial charge in [0.1, 0.15) is 6.10 Å². The number of hydrogen-bond acceptors (Lipinski definition) is 3. The summed E-state index contributed by atoms with van der Waals surface area (Å²) in [5, 5.41) is 10.6. The van der Waals surface area contributed by atoms with Crippen LogP contribution in [-0.2, 0) is 14.3 Å². The Bertz CT molecular complexity index is 981. The smallest absolute Gasteiger partial charge is 0.310 e. The van der Waals surface area contributed by atoms with Crippen molar-refractivity contribution in [1.82, 2.24) is 0 Å². The number of aliphatic carboxylic acids is 1. The maximum absolute atomic E-state index is 12.9. The molecule has 5 rings (SSSR count). The van der Waals surface area contributed by atoms with Crippen molar-refractivity contribution in [2.24, 2.45) is 56.7 Å². The molecule has 1 N–H and O–H groups in total. The quantitative estimate of drug-likeness (QED) is 0.313. The molecular formula is C32H50O4. The summed E-state index contributed by atoms with van der Waals surface area (Å²) < 4.78 is 5.88. The number of esters is 1. The van der Waals surface area contributed by atoms with Gasteiger partial charge >= 0.3 is 11.9 Å². The largest absolute Gasteiger partial charge is 0.481 e. The fourth-order valence-corrected chi connectivity index (χ4v) is 11.2. The molecule has 0 aliphatic heterocycles. The number of hydrogen-bond donors (Lipinski definition) is 1. The van der Waals surface area contributed by atoms with Crippen LogP contribution in [0.3, 0.4) is 0 Å². The zero-order chi connectivity index (χ0) is 26.5. The number of rotatable bonds is 2. The third-order valence-electron chi connectivity index (χ3n) is 13.7. The van der Waals surface area contributed by atoms with Gasteiger partial charge in [-0.15, -0.1) is 0 Å². The van der Waals surface area contributed by atoms with Gasteiger partial charge in [-0.05, 0) is 104 Å². The SMILES string of the molecule is CC(=O)O[C@H]1CC[C@]2(C)[C@H]3CC=C4[C@H]5[C@@H](C)[C@H](C)CC[C@]5(C(=O)O)CC[C@@]4(C)[C@]3(C)CC[C@H]2C1(C)C. The van der Waals surface area contributed by atoms with E-state index in [0.717, 1.165) is 51.4 Å². The van der Waals surface area contributed by atoms with E-state index in [4.69, 9.17) is 4.74 Å². The molecule has 0 radical (unpaired) electrons. The summed E-state index contributed by atoms with van der Waals surface area (Å²) >= 11 is 0. The normalized spacial score (nSPS) is 51.5. The minimum atomic E-state index is -0.578. The van der Waals surface area contributed by atoms with E-state index >= 15 is 0 Å². The summed E-state index contributed by atoms with van der Waals surface area (Å²) in [5.41, 5.74) is 1.30. The number of ether oxygens (including phenoxy) is 1. The molecule has 0 spiro atoms. The zero-order valence-corrected chi connectivity index (χ0v) is 24.1. The number of carbonyl (C=O) groups is 2. The van der Waals surface area contributed by atoms with Gasteiger partial charge in [-0.1, -0.05) is 60.1 Å². The number of carboxylic acids is 1. The van der Waals surface area contributed by atoms with E-state index in [1.807, 2.05) is 0 Å². The van der Waals surface area contributed by atoms with Crippen LogP contribution in [0, 0.1) is 56.7 Å². The van der Waals surface area contributed by atoms with Gasteiger partial charge in [-0.3, -0.25) is 9.59 Å². The standard InChI is InChI=1S/C32H50O4/c1-19-11-16-32(27(34)35)18-17-30(7)22(26(32)20(19)2)9-10-24-29(6)14-13-25(36-21(3)33)28(4,5)23(29)12-15-31(24,30)8/h9,19-20,23-26H,10-18H2,1-8H3,(H,34,35)/t19-,20+,23+,24-,25+,26-,29+,30-,31-,32+/m1/s1. The van der Waals surface area contributed by atoms with Crippen molar-refractivity contribution in [3.63, 3.8) is 0 Å². The highest BCUT2D eigenvalue weighted by atomic mass is 16.5. The van der Waals surface area contributed by atoms with Crippen LogP contribution in [0.1, 0.15) is 113 Å². The first-order valence-electron chi connectivity index (χ1n) is 14.8. The molecule has 0 aromatic carbocycles. The van der Waals surface area contributed by atoms with Crippen LogP contribution in [0.4, 0.5) is 0 Å². The lowest BCUT2D eigenvalue weighted by molar-refractivity contribution is -0.214. The van der Waals surface area contributed by atoms with E-state index in [1.165, 1.54) is 12.0 Å². The van der Waals surface area contributed by atoms with Gasteiger partial charge in [0.15, 0.2) is 0 Å². The van der Waals surface area contributed by atoms with Gasteiger partial charge in [0.2, 0.25) is 0 Å². The molecule has 0 amide bonds. The summed E-state index contributed by atoms with van der Waals surface area (Å²) in [6.45, 7) is 18.5. The third-order valence-corrected chi connectivity index (χ3v) is 13.7. The van der Waals surface area contributed by atoms with E-state index in [2.05, 4.69) is 54.5 Å². The number of allylic oxidation sites excluding steroid dienone is 2. The molecule has 0 aromatic rings. The monoisotopic (exact) mass is 498 g/mol. The van der Waals surface area contributed by atoms with E-state index in [9.17, 15) is 14.7 Å². The predicted molar refractivity (Wildman–Crippen MR) is 142 cm³/mol. The summed E-state index contributed by atoms with van der Waals surface area (Å²) in [7, 11) is 0. The predicted octanol–water partition coefficient (Wildman–Crippen LogP) is 7.66. The van der Waals surface area contributed by atoms with Crippen molar-refractivity contribution in [2.75, 3.05) is 0 Å². The molecule has 5 aliphatic rings. The Balaban J connectivity index is 1.56. The average molecular weight is 499 g/mol. The van der Waals surface area contributed by atoms with Crippen molar-refractivity contribution in [2.45, 2.75) is 119 Å². The Morgan fingerprint density at radius 3 is 2.25 bits per heavy atom. The summed E-state index contributed by atoms with van der Waals surface area (Å²) in [6, 6.07) is 0. The third kappa shape index (κ3) is 3.17. The van der Waals surface area contributed by atoms with Gasteiger partial charge in [0.05, 0.1) is 5.41 Å². The molecule has 36 heavy (non-hydrogen) atoms. The summed E-state index contributed by atoms with van der Waals surface area (Å²) in [5.74, 6) is 1.53. The number of carboxylic acid groups (broad SMARTS) is 1. The van der Waals surface area contributed by atoms with Gasteiger partial charge in [-0.2, -0.15) is 0 Å². The van der Waals surface area contributed by atoms with Crippen LogP contribution in [-0.4, -0.2) is 23.1 Å². The molecule has 0 unspecified atom stereocenters. The fourth-order valence-electron chi connectivity index (χ4n) is 11.2. The Kier molecular flexibility index (Phi) is 5.91. The highest BCUT2D eigenvalue weighted by Gasteiger charge is 2.69. The van der Waals surface area contributed by atoms with Crippen molar-refractivity contribution in [3.8, 4) is 0 Å². The molecule has 4 heteroatoms.